The first kappa shape index (κ1) is 17.4. The van der Waals surface area contributed by atoms with Crippen LogP contribution in [-0.4, -0.2) is 18.0 Å². The molecule has 0 aliphatic carbocycles. The van der Waals surface area contributed by atoms with Gasteiger partial charge in [-0.3, -0.25) is 9.59 Å². The molecule has 0 fully saturated rings. The van der Waals surface area contributed by atoms with Crippen molar-refractivity contribution in [2.75, 3.05) is 0 Å². The molecule has 0 aliphatic rings. The van der Waals surface area contributed by atoms with Crippen LogP contribution in [-0.2, 0) is 16.1 Å². The van der Waals surface area contributed by atoms with Gasteiger partial charge in [-0.15, -0.1) is 0 Å². The molecule has 0 spiro atoms. The third kappa shape index (κ3) is 6.44. The Morgan fingerprint density at radius 3 is 2.50 bits per heavy atom. The summed E-state index contributed by atoms with van der Waals surface area (Å²) in [7, 11) is 0. The number of carbonyl (C=O) groups excluding carboxylic acids is 2. The van der Waals surface area contributed by atoms with Crippen LogP contribution in [0, 0.1) is 6.92 Å². The van der Waals surface area contributed by atoms with Gasteiger partial charge in [-0.25, -0.2) is 5.43 Å². The van der Waals surface area contributed by atoms with Crippen molar-refractivity contribution < 1.29 is 9.59 Å². The Morgan fingerprint density at radius 2 is 1.75 bits per heavy atom. The van der Waals surface area contributed by atoms with Gasteiger partial charge in [-0.1, -0.05) is 60.2 Å². The number of aryl methyl sites for hydroxylation is 1. The Hall–Kier alpha value is -2.95. The van der Waals surface area contributed by atoms with Crippen LogP contribution in [0.2, 0.25) is 0 Å². The number of nitrogens with zero attached hydrogens (tertiary/aromatic N) is 1. The molecule has 24 heavy (non-hydrogen) atoms. The second-order valence-corrected chi connectivity index (χ2v) is 5.47. The summed E-state index contributed by atoms with van der Waals surface area (Å²) < 4.78 is 0. The molecule has 0 heterocycles. The first-order valence-corrected chi connectivity index (χ1v) is 7.82. The van der Waals surface area contributed by atoms with E-state index in [9.17, 15) is 9.59 Å². The topological polar surface area (TPSA) is 70.6 Å². The minimum Gasteiger partial charge on any atom is -0.352 e. The van der Waals surface area contributed by atoms with Crippen LogP contribution in [0.1, 0.15) is 29.5 Å². The summed E-state index contributed by atoms with van der Waals surface area (Å²) >= 11 is 0. The molecule has 0 saturated heterocycles. The van der Waals surface area contributed by atoms with E-state index in [1.807, 2.05) is 61.5 Å². The zero-order valence-electron chi connectivity index (χ0n) is 13.7. The molecule has 2 rings (SSSR count). The third-order valence-corrected chi connectivity index (χ3v) is 3.36. The number of hydrazone groups is 1. The van der Waals surface area contributed by atoms with Crippen LogP contribution in [0.15, 0.2) is 59.7 Å². The molecule has 5 heteroatoms. The quantitative estimate of drug-likeness (QED) is 0.607. The highest BCUT2D eigenvalue weighted by Crippen LogP contribution is 2.01. The molecule has 0 bridgehead atoms. The number of hydrogen-bond donors (Lipinski definition) is 2. The highest BCUT2D eigenvalue weighted by Gasteiger charge is 2.06. The SMILES string of the molecule is Cc1cccc(C=NNC(=O)CCC(=O)NCc2ccccc2)c1. The number of amides is 2. The second kappa shape index (κ2) is 9.25. The number of nitrogens with one attached hydrogen (secondary N) is 2. The van der Waals surface area contributed by atoms with Crippen molar-refractivity contribution in [2.45, 2.75) is 26.3 Å². The van der Waals surface area contributed by atoms with Crippen LogP contribution in [0.5, 0.6) is 0 Å². The lowest BCUT2D eigenvalue weighted by molar-refractivity contribution is -0.126. The molecule has 0 saturated carbocycles. The van der Waals surface area contributed by atoms with Gasteiger partial charge >= 0.3 is 0 Å². The van der Waals surface area contributed by atoms with Gasteiger partial charge < -0.3 is 5.32 Å². The van der Waals surface area contributed by atoms with Crippen molar-refractivity contribution in [1.29, 1.82) is 0 Å². The summed E-state index contributed by atoms with van der Waals surface area (Å²) in [6, 6.07) is 17.4. The summed E-state index contributed by atoms with van der Waals surface area (Å²) in [5.41, 5.74) is 5.49. The molecule has 0 aromatic heterocycles. The van der Waals surface area contributed by atoms with E-state index in [1.165, 1.54) is 0 Å². The van der Waals surface area contributed by atoms with Crippen molar-refractivity contribution in [3.05, 3.63) is 71.3 Å². The summed E-state index contributed by atoms with van der Waals surface area (Å²) in [5.74, 6) is -0.439. The van der Waals surface area contributed by atoms with E-state index in [4.69, 9.17) is 0 Å². The first-order valence-electron chi connectivity index (χ1n) is 7.82. The average Bonchev–Trinajstić information content (AvgIpc) is 2.59. The average molecular weight is 323 g/mol. The van der Waals surface area contributed by atoms with Gasteiger partial charge in [0.15, 0.2) is 0 Å². The fourth-order valence-electron chi connectivity index (χ4n) is 2.10. The largest absolute Gasteiger partial charge is 0.352 e. The fourth-order valence-corrected chi connectivity index (χ4v) is 2.10. The Kier molecular flexibility index (Phi) is 6.71. The first-order chi connectivity index (χ1) is 11.6. The van der Waals surface area contributed by atoms with Crippen molar-refractivity contribution >= 4 is 18.0 Å². The Labute approximate surface area is 141 Å². The maximum atomic E-state index is 11.7. The molecule has 0 atom stereocenters. The van der Waals surface area contributed by atoms with Crippen LogP contribution in [0.3, 0.4) is 0 Å². The zero-order chi connectivity index (χ0) is 17.2. The summed E-state index contributed by atoms with van der Waals surface area (Å²) in [6.45, 7) is 2.46. The maximum absolute atomic E-state index is 11.7. The van der Waals surface area contributed by atoms with Gasteiger partial charge in [0.25, 0.3) is 0 Å². The van der Waals surface area contributed by atoms with E-state index in [2.05, 4.69) is 15.8 Å². The lowest BCUT2D eigenvalue weighted by Gasteiger charge is -2.04. The summed E-state index contributed by atoms with van der Waals surface area (Å²) in [4.78, 5) is 23.4. The summed E-state index contributed by atoms with van der Waals surface area (Å²) in [6.07, 6.45) is 1.82. The minimum absolute atomic E-state index is 0.103. The molecule has 5 nitrogen and oxygen atoms in total. The van der Waals surface area contributed by atoms with E-state index >= 15 is 0 Å². The molecular weight excluding hydrogens is 302 g/mol. The molecular formula is C19H21N3O2. The van der Waals surface area contributed by atoms with Crippen molar-refractivity contribution in [3.63, 3.8) is 0 Å². The second-order valence-electron chi connectivity index (χ2n) is 5.47. The Morgan fingerprint density at radius 1 is 1.00 bits per heavy atom. The highest BCUT2D eigenvalue weighted by molar-refractivity contribution is 5.85. The number of hydrogen-bond acceptors (Lipinski definition) is 3. The molecule has 0 radical (unpaired) electrons. The number of rotatable bonds is 7. The predicted octanol–water partition coefficient (Wildman–Crippen LogP) is 2.54. The molecule has 2 amide bonds. The summed E-state index contributed by atoms with van der Waals surface area (Å²) in [5, 5.41) is 6.68. The van der Waals surface area contributed by atoms with E-state index in [-0.39, 0.29) is 24.7 Å². The monoisotopic (exact) mass is 323 g/mol. The van der Waals surface area contributed by atoms with Crippen LogP contribution in [0.4, 0.5) is 0 Å². The van der Waals surface area contributed by atoms with Crippen LogP contribution >= 0.6 is 0 Å². The highest BCUT2D eigenvalue weighted by atomic mass is 16.2. The Balaban J connectivity index is 1.66. The maximum Gasteiger partial charge on any atom is 0.240 e. The van der Waals surface area contributed by atoms with Gasteiger partial charge in [-0.2, -0.15) is 5.10 Å². The van der Waals surface area contributed by atoms with Crippen molar-refractivity contribution in [2.24, 2.45) is 5.10 Å². The van der Waals surface area contributed by atoms with Crippen molar-refractivity contribution in [3.8, 4) is 0 Å². The lowest BCUT2D eigenvalue weighted by Crippen LogP contribution is -2.25. The van der Waals surface area contributed by atoms with E-state index < -0.39 is 0 Å². The molecule has 124 valence electrons. The number of carbonyl (C=O) groups is 2. The van der Waals surface area contributed by atoms with E-state index in [1.54, 1.807) is 6.21 Å². The molecule has 2 aromatic carbocycles. The van der Waals surface area contributed by atoms with E-state index in [0.29, 0.717) is 6.54 Å². The normalized spacial score (nSPS) is 10.5. The third-order valence-electron chi connectivity index (χ3n) is 3.36. The fraction of sp³-hybridized carbons (Fsp3) is 0.211. The molecule has 2 aromatic rings. The van der Waals surface area contributed by atoms with Gasteiger partial charge in [-0.05, 0) is 18.1 Å². The van der Waals surface area contributed by atoms with Crippen molar-refractivity contribution in [1.82, 2.24) is 10.7 Å². The molecule has 0 unspecified atom stereocenters. The molecule has 2 N–H and O–H groups in total. The minimum atomic E-state index is -0.284. The zero-order valence-corrected chi connectivity index (χ0v) is 13.7. The number of benzene rings is 2. The van der Waals surface area contributed by atoms with E-state index in [0.717, 1.165) is 16.7 Å². The molecule has 0 aliphatic heterocycles. The standard InChI is InChI=1S/C19H21N3O2/c1-15-6-5-9-17(12-15)14-21-22-19(24)11-10-18(23)20-13-16-7-3-2-4-8-16/h2-9,12,14H,10-11,13H2,1H3,(H,20,23)(H,22,24). The predicted molar refractivity (Wildman–Crippen MR) is 94.4 cm³/mol. The van der Waals surface area contributed by atoms with Gasteiger partial charge in [0, 0.05) is 19.4 Å². The van der Waals surface area contributed by atoms with Gasteiger partial charge in [0.2, 0.25) is 11.8 Å². The van der Waals surface area contributed by atoms with Crippen LogP contribution in [0.25, 0.3) is 0 Å². The lowest BCUT2D eigenvalue weighted by atomic mass is 10.2. The smallest absolute Gasteiger partial charge is 0.240 e. The van der Waals surface area contributed by atoms with Gasteiger partial charge in [0.05, 0.1) is 6.21 Å². The van der Waals surface area contributed by atoms with Crippen LogP contribution < -0.4 is 10.7 Å². The Bertz CT molecular complexity index is 712. The van der Waals surface area contributed by atoms with Gasteiger partial charge in [0.1, 0.15) is 0 Å².